The second-order valence-corrected chi connectivity index (χ2v) is 5.49. The number of anilines is 1. The summed E-state index contributed by atoms with van der Waals surface area (Å²) in [6.07, 6.45) is 0.129. The summed E-state index contributed by atoms with van der Waals surface area (Å²) < 4.78 is 5.74. The molecule has 0 saturated carbocycles. The first-order chi connectivity index (χ1) is 11.5. The molecule has 1 atom stereocenters. The molecule has 3 amide bonds. The third-order valence-electron chi connectivity index (χ3n) is 3.50. The molecule has 0 radical (unpaired) electrons. The minimum absolute atomic E-state index is 0.00517. The Hall–Kier alpha value is -2.77. The topological polar surface area (TPSA) is 114 Å². The first kappa shape index (κ1) is 17.6. The maximum absolute atomic E-state index is 12.2. The number of nitrogens with zero attached hydrogens (tertiary/aromatic N) is 1. The fourth-order valence-corrected chi connectivity index (χ4v) is 2.37. The van der Waals surface area contributed by atoms with Crippen molar-refractivity contribution in [3.05, 3.63) is 24.3 Å². The lowest BCUT2D eigenvalue weighted by atomic mass is 10.1. The number of carbonyl (C=O) groups is 3. The van der Waals surface area contributed by atoms with Crippen LogP contribution in [0.3, 0.4) is 0 Å². The van der Waals surface area contributed by atoms with E-state index < -0.39 is 12.0 Å². The molecular weight excluding hydrogens is 312 g/mol. The van der Waals surface area contributed by atoms with Gasteiger partial charge < -0.3 is 26.0 Å². The number of fused-ring (bicyclic) bond motifs is 1. The van der Waals surface area contributed by atoms with Gasteiger partial charge in [0.05, 0.1) is 25.3 Å². The fraction of sp³-hybridized carbons (Fsp3) is 0.438. The summed E-state index contributed by atoms with van der Waals surface area (Å²) in [4.78, 5) is 36.7. The zero-order valence-electron chi connectivity index (χ0n) is 13.6. The molecule has 4 N–H and O–H groups in total. The van der Waals surface area contributed by atoms with Crippen molar-refractivity contribution in [3.8, 4) is 5.75 Å². The monoisotopic (exact) mass is 334 g/mol. The Morgan fingerprint density at radius 1 is 1.29 bits per heavy atom. The summed E-state index contributed by atoms with van der Waals surface area (Å²) >= 11 is 0. The number of primary amides is 1. The predicted octanol–water partition coefficient (Wildman–Crippen LogP) is -0.618. The van der Waals surface area contributed by atoms with E-state index in [2.05, 4.69) is 10.6 Å². The van der Waals surface area contributed by atoms with Crippen LogP contribution >= 0.6 is 0 Å². The second kappa shape index (κ2) is 8.19. The van der Waals surface area contributed by atoms with Crippen molar-refractivity contribution in [1.82, 2.24) is 10.6 Å². The van der Waals surface area contributed by atoms with Crippen LogP contribution in [0.5, 0.6) is 5.75 Å². The minimum Gasteiger partial charge on any atom is -0.477 e. The molecule has 2 rings (SSSR count). The van der Waals surface area contributed by atoms with E-state index in [1.54, 1.807) is 17.0 Å². The van der Waals surface area contributed by atoms with Crippen molar-refractivity contribution in [2.24, 2.45) is 5.73 Å². The third-order valence-corrected chi connectivity index (χ3v) is 3.50. The van der Waals surface area contributed by atoms with Gasteiger partial charge in [0.1, 0.15) is 5.75 Å². The summed E-state index contributed by atoms with van der Waals surface area (Å²) in [5.74, 6) is -0.627. The molecule has 0 aromatic heterocycles. The molecule has 1 aromatic carbocycles. The maximum Gasteiger partial charge on any atom is 0.262 e. The van der Waals surface area contributed by atoms with Crippen LogP contribution in [-0.2, 0) is 14.4 Å². The molecule has 8 nitrogen and oxygen atoms in total. The van der Waals surface area contributed by atoms with Crippen molar-refractivity contribution in [2.75, 3.05) is 31.1 Å². The van der Waals surface area contributed by atoms with Gasteiger partial charge in [0, 0.05) is 6.54 Å². The SMILES string of the molecule is CCCNC(=O)[C@@H]1CN(CC(=O)NCC(N)=O)c2ccccc2O1. The number of carbonyl (C=O) groups excluding carboxylic acids is 3. The van der Waals surface area contributed by atoms with E-state index in [-0.39, 0.29) is 31.4 Å². The molecule has 24 heavy (non-hydrogen) atoms. The van der Waals surface area contributed by atoms with Gasteiger partial charge in [-0.1, -0.05) is 19.1 Å². The van der Waals surface area contributed by atoms with E-state index in [0.29, 0.717) is 12.3 Å². The normalized spacial score (nSPS) is 15.9. The number of ether oxygens (including phenoxy) is 1. The molecule has 1 aliphatic rings. The summed E-state index contributed by atoms with van der Waals surface area (Å²) in [6, 6.07) is 7.20. The molecule has 0 saturated heterocycles. The average Bonchev–Trinajstić information content (AvgIpc) is 2.57. The van der Waals surface area contributed by atoms with Crippen LogP contribution in [0.2, 0.25) is 0 Å². The number of para-hydroxylation sites is 2. The van der Waals surface area contributed by atoms with Crippen LogP contribution in [0.4, 0.5) is 5.69 Å². The Labute approximate surface area is 140 Å². The van der Waals surface area contributed by atoms with Crippen molar-refractivity contribution in [2.45, 2.75) is 19.4 Å². The van der Waals surface area contributed by atoms with Gasteiger partial charge in [-0.05, 0) is 18.6 Å². The molecule has 1 heterocycles. The zero-order valence-corrected chi connectivity index (χ0v) is 13.6. The molecule has 130 valence electrons. The molecule has 0 spiro atoms. The minimum atomic E-state index is -0.699. The van der Waals surface area contributed by atoms with Crippen LogP contribution in [0.1, 0.15) is 13.3 Å². The molecule has 8 heteroatoms. The molecule has 0 unspecified atom stereocenters. The van der Waals surface area contributed by atoms with Crippen LogP contribution in [0, 0.1) is 0 Å². The molecule has 0 fully saturated rings. The van der Waals surface area contributed by atoms with Crippen LogP contribution in [0.25, 0.3) is 0 Å². The van der Waals surface area contributed by atoms with Crippen LogP contribution in [0.15, 0.2) is 24.3 Å². The quantitative estimate of drug-likeness (QED) is 0.615. The van der Waals surface area contributed by atoms with Crippen LogP contribution < -0.4 is 26.0 Å². The highest BCUT2D eigenvalue weighted by molar-refractivity contribution is 5.88. The first-order valence-electron chi connectivity index (χ1n) is 7.84. The van der Waals surface area contributed by atoms with Crippen molar-refractivity contribution >= 4 is 23.4 Å². The van der Waals surface area contributed by atoms with Gasteiger partial charge in [-0.25, -0.2) is 0 Å². The van der Waals surface area contributed by atoms with Gasteiger partial charge in [-0.2, -0.15) is 0 Å². The van der Waals surface area contributed by atoms with Gasteiger partial charge in [0.15, 0.2) is 6.10 Å². The number of benzene rings is 1. The van der Waals surface area contributed by atoms with Crippen LogP contribution in [-0.4, -0.2) is 50.0 Å². The summed E-state index contributed by atoms with van der Waals surface area (Å²) in [5, 5.41) is 5.24. The molecule has 0 bridgehead atoms. The Morgan fingerprint density at radius 3 is 2.75 bits per heavy atom. The Balaban J connectivity index is 2.09. The number of nitrogens with two attached hydrogens (primary N) is 1. The Kier molecular flexibility index (Phi) is 6.00. The average molecular weight is 334 g/mol. The van der Waals surface area contributed by atoms with E-state index in [1.807, 2.05) is 19.1 Å². The number of nitrogens with one attached hydrogen (secondary N) is 2. The Bertz CT molecular complexity index is 620. The predicted molar refractivity (Wildman–Crippen MR) is 88.6 cm³/mol. The van der Waals surface area contributed by atoms with E-state index in [0.717, 1.165) is 12.1 Å². The molecule has 1 aliphatic heterocycles. The van der Waals surface area contributed by atoms with Gasteiger partial charge in [0.25, 0.3) is 5.91 Å². The number of amides is 3. The summed E-state index contributed by atoms with van der Waals surface area (Å²) in [6.45, 7) is 2.57. The number of hydrogen-bond donors (Lipinski definition) is 3. The molecule has 0 aliphatic carbocycles. The molecular formula is C16H22N4O4. The standard InChI is InChI=1S/C16H22N4O4/c1-2-7-18-16(23)13-9-20(10-15(22)19-8-14(17)21)11-5-3-4-6-12(11)24-13/h3-6,13H,2,7-10H2,1H3,(H2,17,21)(H,18,23)(H,19,22)/t13-/m0/s1. The lowest BCUT2D eigenvalue weighted by molar-refractivity contribution is -0.128. The molecule has 1 aromatic rings. The summed E-state index contributed by atoms with van der Waals surface area (Å²) in [5.41, 5.74) is 5.75. The first-order valence-corrected chi connectivity index (χ1v) is 7.84. The van der Waals surface area contributed by atoms with Crippen molar-refractivity contribution in [3.63, 3.8) is 0 Å². The smallest absolute Gasteiger partial charge is 0.262 e. The zero-order chi connectivity index (χ0) is 17.5. The van der Waals surface area contributed by atoms with Gasteiger partial charge >= 0.3 is 0 Å². The highest BCUT2D eigenvalue weighted by Gasteiger charge is 2.31. The fourth-order valence-electron chi connectivity index (χ4n) is 2.37. The van der Waals surface area contributed by atoms with E-state index in [4.69, 9.17) is 10.5 Å². The lowest BCUT2D eigenvalue weighted by Crippen LogP contribution is -2.51. The van der Waals surface area contributed by atoms with Gasteiger partial charge in [-0.15, -0.1) is 0 Å². The lowest BCUT2D eigenvalue weighted by Gasteiger charge is -2.35. The number of rotatable bonds is 7. The largest absolute Gasteiger partial charge is 0.477 e. The highest BCUT2D eigenvalue weighted by atomic mass is 16.5. The maximum atomic E-state index is 12.2. The summed E-state index contributed by atoms with van der Waals surface area (Å²) in [7, 11) is 0. The Morgan fingerprint density at radius 2 is 2.04 bits per heavy atom. The van der Waals surface area contributed by atoms with E-state index in [9.17, 15) is 14.4 Å². The van der Waals surface area contributed by atoms with Gasteiger partial charge in [0.2, 0.25) is 11.8 Å². The van der Waals surface area contributed by atoms with Crippen molar-refractivity contribution in [1.29, 1.82) is 0 Å². The van der Waals surface area contributed by atoms with E-state index in [1.165, 1.54) is 0 Å². The second-order valence-electron chi connectivity index (χ2n) is 5.49. The van der Waals surface area contributed by atoms with E-state index >= 15 is 0 Å². The van der Waals surface area contributed by atoms with Crippen molar-refractivity contribution < 1.29 is 19.1 Å². The number of hydrogen-bond acceptors (Lipinski definition) is 5. The third kappa shape index (κ3) is 4.61. The van der Waals surface area contributed by atoms with Gasteiger partial charge in [-0.3, -0.25) is 14.4 Å². The highest BCUT2D eigenvalue weighted by Crippen LogP contribution is 2.32.